The molecule has 18 heavy (non-hydrogen) atoms. The second-order valence-electron chi connectivity index (χ2n) is 3.95. The van der Waals surface area contributed by atoms with E-state index in [1.165, 1.54) is 19.1 Å². The van der Waals surface area contributed by atoms with Crippen LogP contribution in [0, 0.1) is 6.92 Å². The molecule has 1 aromatic carbocycles. The van der Waals surface area contributed by atoms with E-state index in [4.69, 9.17) is 4.74 Å². The Kier molecular flexibility index (Phi) is 4.21. The van der Waals surface area contributed by atoms with E-state index in [2.05, 4.69) is 4.74 Å². The molecule has 0 aliphatic rings. The zero-order valence-corrected chi connectivity index (χ0v) is 10.2. The summed E-state index contributed by atoms with van der Waals surface area (Å²) >= 11 is 0. The van der Waals surface area contributed by atoms with E-state index in [1.54, 1.807) is 13.8 Å². The Morgan fingerprint density at radius 2 is 1.89 bits per heavy atom. The summed E-state index contributed by atoms with van der Waals surface area (Å²) < 4.78 is 45.3. The fourth-order valence-corrected chi connectivity index (χ4v) is 1.39. The number of benzene rings is 1. The normalized spacial score (nSPS) is 11.5. The SMILES string of the molecule is Cc1cccc(OC(F)(F)F)c1C(=O)OC(C)C. The van der Waals surface area contributed by atoms with Crippen LogP contribution >= 0.6 is 0 Å². The first-order chi connectivity index (χ1) is 8.20. The third-order valence-corrected chi connectivity index (χ3v) is 2.01. The van der Waals surface area contributed by atoms with Crippen LogP contribution in [0.3, 0.4) is 0 Å². The summed E-state index contributed by atoms with van der Waals surface area (Å²) in [6, 6.07) is 3.97. The van der Waals surface area contributed by atoms with Crippen molar-refractivity contribution in [3.05, 3.63) is 29.3 Å². The molecule has 0 unspecified atom stereocenters. The topological polar surface area (TPSA) is 35.5 Å². The van der Waals surface area contributed by atoms with Gasteiger partial charge in [0.1, 0.15) is 11.3 Å². The van der Waals surface area contributed by atoms with Crippen LogP contribution in [0.2, 0.25) is 0 Å². The highest BCUT2D eigenvalue weighted by atomic mass is 19.4. The summed E-state index contributed by atoms with van der Waals surface area (Å²) in [6.07, 6.45) is -5.27. The molecule has 0 saturated carbocycles. The molecule has 6 heteroatoms. The molecule has 0 fully saturated rings. The quantitative estimate of drug-likeness (QED) is 0.782. The lowest BCUT2D eigenvalue weighted by Gasteiger charge is -2.15. The molecule has 1 rings (SSSR count). The number of hydrogen-bond acceptors (Lipinski definition) is 3. The number of esters is 1. The maximum Gasteiger partial charge on any atom is 0.573 e. The van der Waals surface area contributed by atoms with Gasteiger partial charge in [-0.2, -0.15) is 0 Å². The Hall–Kier alpha value is -1.72. The van der Waals surface area contributed by atoms with E-state index in [0.29, 0.717) is 5.56 Å². The van der Waals surface area contributed by atoms with Crippen LogP contribution in [0.1, 0.15) is 29.8 Å². The summed E-state index contributed by atoms with van der Waals surface area (Å²) in [5.41, 5.74) is 0.158. The lowest BCUT2D eigenvalue weighted by atomic mass is 10.1. The lowest BCUT2D eigenvalue weighted by Crippen LogP contribution is -2.21. The van der Waals surface area contributed by atoms with E-state index in [0.717, 1.165) is 6.07 Å². The minimum absolute atomic E-state index is 0.205. The van der Waals surface area contributed by atoms with Gasteiger partial charge in [0.05, 0.1) is 6.10 Å². The average Bonchev–Trinajstić information content (AvgIpc) is 2.13. The maximum absolute atomic E-state index is 12.2. The van der Waals surface area contributed by atoms with Gasteiger partial charge in [0.2, 0.25) is 0 Å². The van der Waals surface area contributed by atoms with Gasteiger partial charge in [0.15, 0.2) is 0 Å². The number of hydrogen-bond donors (Lipinski definition) is 0. The van der Waals surface area contributed by atoms with Gasteiger partial charge in [0, 0.05) is 0 Å². The molecule has 0 saturated heterocycles. The van der Waals surface area contributed by atoms with E-state index in [9.17, 15) is 18.0 Å². The molecule has 0 radical (unpaired) electrons. The third kappa shape index (κ3) is 3.94. The molecule has 0 N–H and O–H groups in total. The van der Waals surface area contributed by atoms with Gasteiger partial charge in [-0.15, -0.1) is 13.2 Å². The first-order valence-electron chi connectivity index (χ1n) is 5.27. The number of halogens is 3. The van der Waals surface area contributed by atoms with Crippen molar-refractivity contribution < 1.29 is 27.4 Å². The Balaban J connectivity index is 3.12. The van der Waals surface area contributed by atoms with E-state index < -0.39 is 24.2 Å². The summed E-state index contributed by atoms with van der Waals surface area (Å²) in [5, 5.41) is 0. The zero-order chi connectivity index (χ0) is 13.9. The Bertz CT molecular complexity index is 439. The molecular weight excluding hydrogens is 249 g/mol. The highest BCUT2D eigenvalue weighted by Gasteiger charge is 2.33. The maximum atomic E-state index is 12.2. The Morgan fingerprint density at radius 1 is 1.28 bits per heavy atom. The summed E-state index contributed by atoms with van der Waals surface area (Å²) in [6.45, 7) is 4.74. The van der Waals surface area contributed by atoms with Crippen LogP contribution in [-0.4, -0.2) is 18.4 Å². The van der Waals surface area contributed by atoms with Crippen LogP contribution < -0.4 is 4.74 Å². The van der Waals surface area contributed by atoms with Crippen molar-refractivity contribution in [2.75, 3.05) is 0 Å². The largest absolute Gasteiger partial charge is 0.573 e. The minimum Gasteiger partial charge on any atom is -0.459 e. The molecule has 0 aliphatic carbocycles. The molecule has 1 aromatic rings. The standard InChI is InChI=1S/C12H13F3O3/c1-7(2)17-11(16)10-8(3)5-4-6-9(10)18-12(13,14)15/h4-7H,1-3H3. The number of rotatable bonds is 3. The van der Waals surface area contributed by atoms with Crippen LogP contribution in [0.25, 0.3) is 0 Å². The highest BCUT2D eigenvalue weighted by molar-refractivity contribution is 5.94. The van der Waals surface area contributed by atoms with Crippen LogP contribution in [-0.2, 0) is 4.74 Å². The molecule has 0 atom stereocenters. The molecule has 0 amide bonds. The molecule has 100 valence electrons. The van der Waals surface area contributed by atoms with Gasteiger partial charge in [-0.05, 0) is 32.4 Å². The predicted molar refractivity (Wildman–Crippen MR) is 58.4 cm³/mol. The van der Waals surface area contributed by atoms with Gasteiger partial charge in [0.25, 0.3) is 0 Å². The number of aryl methyl sites for hydroxylation is 1. The number of carbonyl (C=O) groups excluding carboxylic acids is 1. The fraction of sp³-hybridized carbons (Fsp3) is 0.417. The third-order valence-electron chi connectivity index (χ3n) is 2.01. The fourth-order valence-electron chi connectivity index (χ4n) is 1.39. The first-order valence-corrected chi connectivity index (χ1v) is 5.27. The van der Waals surface area contributed by atoms with Crippen LogP contribution in [0.5, 0.6) is 5.75 Å². The highest BCUT2D eigenvalue weighted by Crippen LogP contribution is 2.29. The molecule has 0 aromatic heterocycles. The zero-order valence-electron chi connectivity index (χ0n) is 10.2. The summed E-state index contributed by atoms with van der Waals surface area (Å²) in [7, 11) is 0. The first kappa shape index (κ1) is 14.3. The van der Waals surface area contributed by atoms with Gasteiger partial charge in [-0.25, -0.2) is 4.79 Å². The summed E-state index contributed by atoms with van der Waals surface area (Å²) in [5.74, 6) is -1.38. The van der Waals surface area contributed by atoms with Gasteiger partial charge < -0.3 is 9.47 Å². The van der Waals surface area contributed by atoms with Crippen molar-refractivity contribution in [3.63, 3.8) is 0 Å². The van der Waals surface area contributed by atoms with Gasteiger partial charge >= 0.3 is 12.3 Å². The van der Waals surface area contributed by atoms with Gasteiger partial charge in [-0.1, -0.05) is 12.1 Å². The van der Waals surface area contributed by atoms with Crippen molar-refractivity contribution in [2.24, 2.45) is 0 Å². The van der Waals surface area contributed by atoms with E-state index in [1.807, 2.05) is 0 Å². The number of ether oxygens (including phenoxy) is 2. The Labute approximate surface area is 103 Å². The molecule has 3 nitrogen and oxygen atoms in total. The van der Waals surface area contributed by atoms with Crippen molar-refractivity contribution in [1.29, 1.82) is 0 Å². The predicted octanol–water partition coefficient (Wildman–Crippen LogP) is 3.46. The second-order valence-corrected chi connectivity index (χ2v) is 3.95. The van der Waals surface area contributed by atoms with E-state index in [-0.39, 0.29) is 5.56 Å². The van der Waals surface area contributed by atoms with Crippen LogP contribution in [0.15, 0.2) is 18.2 Å². The summed E-state index contributed by atoms with van der Waals surface area (Å²) in [4.78, 5) is 11.7. The van der Waals surface area contributed by atoms with Crippen molar-refractivity contribution in [3.8, 4) is 5.75 Å². The van der Waals surface area contributed by atoms with Crippen molar-refractivity contribution in [2.45, 2.75) is 33.2 Å². The molecule has 0 bridgehead atoms. The minimum atomic E-state index is -4.85. The molecule has 0 spiro atoms. The number of carbonyl (C=O) groups is 1. The molecular formula is C12H13F3O3. The van der Waals surface area contributed by atoms with Crippen LogP contribution in [0.4, 0.5) is 13.2 Å². The number of alkyl halides is 3. The van der Waals surface area contributed by atoms with Gasteiger partial charge in [-0.3, -0.25) is 0 Å². The van der Waals surface area contributed by atoms with Crippen molar-refractivity contribution >= 4 is 5.97 Å². The monoisotopic (exact) mass is 262 g/mol. The Morgan fingerprint density at radius 3 is 2.39 bits per heavy atom. The second kappa shape index (κ2) is 5.29. The average molecular weight is 262 g/mol. The smallest absolute Gasteiger partial charge is 0.459 e. The lowest BCUT2D eigenvalue weighted by molar-refractivity contribution is -0.274. The van der Waals surface area contributed by atoms with E-state index >= 15 is 0 Å². The molecule has 0 aliphatic heterocycles. The van der Waals surface area contributed by atoms with Crippen molar-refractivity contribution in [1.82, 2.24) is 0 Å². The molecule has 0 heterocycles.